The van der Waals surface area contributed by atoms with Gasteiger partial charge in [-0.05, 0) is 6.42 Å². The number of hydrogen-bond acceptors (Lipinski definition) is 3. The van der Waals surface area contributed by atoms with E-state index in [0.29, 0.717) is 12.8 Å². The van der Waals surface area contributed by atoms with E-state index in [4.69, 9.17) is 10.7 Å². The molecule has 1 fully saturated rings. The fraction of sp³-hybridized carbons (Fsp3) is 0.800. The molecule has 0 N–H and O–H groups in total. The summed E-state index contributed by atoms with van der Waals surface area (Å²) in [6.45, 7) is 0. The molecule has 0 aromatic carbocycles. The smallest absolute Gasteiger partial charge is 0.235 e. The van der Waals surface area contributed by atoms with Crippen molar-refractivity contribution >= 4 is 25.5 Å². The molecule has 0 spiro atoms. The molecule has 58 valence electrons. The second-order valence-electron chi connectivity index (χ2n) is 2.38. The first-order valence-corrected chi connectivity index (χ1v) is 5.32. The maximum Gasteiger partial charge on any atom is 0.235 e. The monoisotopic (exact) mass is 182 g/mol. The van der Waals surface area contributed by atoms with E-state index in [1.807, 2.05) is 0 Å². The summed E-state index contributed by atoms with van der Waals surface area (Å²) in [5.74, 6) is -0.00535. The molecular formula is C5H7ClO3S. The van der Waals surface area contributed by atoms with Gasteiger partial charge in [-0.2, -0.15) is 0 Å². The third-order valence-corrected chi connectivity index (χ3v) is 3.55. The number of carbonyl (C=O) groups excluding carboxylic acids is 1. The topological polar surface area (TPSA) is 51.2 Å². The van der Waals surface area contributed by atoms with Crippen molar-refractivity contribution in [1.82, 2.24) is 0 Å². The molecule has 1 aliphatic rings. The normalized spacial score (nSPS) is 27.3. The highest BCUT2D eigenvalue weighted by Crippen LogP contribution is 2.24. The van der Waals surface area contributed by atoms with Gasteiger partial charge in [-0.25, -0.2) is 8.42 Å². The van der Waals surface area contributed by atoms with Crippen LogP contribution in [0.15, 0.2) is 0 Å². The third-order valence-electron chi connectivity index (χ3n) is 1.60. The zero-order valence-corrected chi connectivity index (χ0v) is 6.78. The van der Waals surface area contributed by atoms with E-state index in [0.717, 1.165) is 0 Å². The summed E-state index contributed by atoms with van der Waals surface area (Å²) in [6, 6.07) is 0. The largest absolute Gasteiger partial charge is 0.300 e. The highest BCUT2D eigenvalue weighted by molar-refractivity contribution is 8.14. The number of carbonyl (C=O) groups is 1. The van der Waals surface area contributed by atoms with Gasteiger partial charge in [0, 0.05) is 23.5 Å². The van der Waals surface area contributed by atoms with E-state index in [1.165, 1.54) is 0 Å². The number of Topliss-reactive ketones (excluding diaryl/α,β-unsaturated/α-hetero) is 1. The number of ketones is 1. The molecule has 0 heterocycles. The Labute approximate surface area is 63.8 Å². The van der Waals surface area contributed by atoms with E-state index >= 15 is 0 Å². The van der Waals surface area contributed by atoms with Crippen molar-refractivity contribution in [1.29, 1.82) is 0 Å². The molecule has 0 bridgehead atoms. The summed E-state index contributed by atoms with van der Waals surface area (Å²) in [6.07, 6.45) is 0.854. The molecule has 0 aliphatic heterocycles. The van der Waals surface area contributed by atoms with Crippen molar-refractivity contribution in [2.75, 3.05) is 0 Å². The lowest BCUT2D eigenvalue weighted by Crippen LogP contribution is -2.11. The Kier molecular flexibility index (Phi) is 2.01. The molecule has 1 rings (SSSR count). The van der Waals surface area contributed by atoms with E-state index < -0.39 is 14.3 Å². The van der Waals surface area contributed by atoms with Crippen LogP contribution in [-0.2, 0) is 13.8 Å². The van der Waals surface area contributed by atoms with Gasteiger partial charge in [-0.1, -0.05) is 0 Å². The van der Waals surface area contributed by atoms with Crippen LogP contribution in [0.3, 0.4) is 0 Å². The number of hydrogen-bond donors (Lipinski definition) is 0. The lowest BCUT2D eigenvalue weighted by Gasteiger charge is -1.99. The molecule has 1 aliphatic carbocycles. The van der Waals surface area contributed by atoms with Crippen molar-refractivity contribution in [3.8, 4) is 0 Å². The Morgan fingerprint density at radius 1 is 1.50 bits per heavy atom. The summed E-state index contributed by atoms with van der Waals surface area (Å²) in [5, 5.41) is -0.623. The molecular weight excluding hydrogens is 176 g/mol. The standard InChI is InChI=1S/C5H7ClO3S/c6-10(8,9)5-2-1-4(7)3-5/h5H,1-3H2. The number of halogens is 1. The predicted molar refractivity (Wildman–Crippen MR) is 37.4 cm³/mol. The van der Waals surface area contributed by atoms with Gasteiger partial charge in [0.15, 0.2) is 0 Å². The minimum Gasteiger partial charge on any atom is -0.300 e. The van der Waals surface area contributed by atoms with Crippen molar-refractivity contribution in [2.24, 2.45) is 0 Å². The van der Waals surface area contributed by atoms with Crippen molar-refractivity contribution < 1.29 is 13.2 Å². The highest BCUT2D eigenvalue weighted by Gasteiger charge is 2.31. The fourth-order valence-electron chi connectivity index (χ4n) is 1.02. The van der Waals surface area contributed by atoms with Gasteiger partial charge in [0.2, 0.25) is 9.05 Å². The van der Waals surface area contributed by atoms with Crippen LogP contribution in [0.2, 0.25) is 0 Å². The van der Waals surface area contributed by atoms with Crippen molar-refractivity contribution in [3.63, 3.8) is 0 Å². The average molecular weight is 183 g/mol. The second-order valence-corrected chi connectivity index (χ2v) is 5.29. The molecule has 1 atom stereocenters. The molecule has 10 heavy (non-hydrogen) atoms. The van der Waals surface area contributed by atoms with Gasteiger partial charge in [0.1, 0.15) is 5.78 Å². The summed E-state index contributed by atoms with van der Waals surface area (Å²) >= 11 is 0. The maximum atomic E-state index is 10.6. The van der Waals surface area contributed by atoms with Crippen LogP contribution in [-0.4, -0.2) is 19.5 Å². The molecule has 0 amide bonds. The van der Waals surface area contributed by atoms with Crippen LogP contribution in [0, 0.1) is 0 Å². The molecule has 0 saturated heterocycles. The van der Waals surface area contributed by atoms with E-state index in [-0.39, 0.29) is 12.2 Å². The zero-order valence-electron chi connectivity index (χ0n) is 5.21. The quantitative estimate of drug-likeness (QED) is 0.561. The van der Waals surface area contributed by atoms with Gasteiger partial charge in [0.05, 0.1) is 5.25 Å². The van der Waals surface area contributed by atoms with E-state index in [1.54, 1.807) is 0 Å². The van der Waals surface area contributed by atoms with Gasteiger partial charge in [-0.3, -0.25) is 4.79 Å². The first-order valence-electron chi connectivity index (χ1n) is 2.95. The Morgan fingerprint density at radius 3 is 2.30 bits per heavy atom. The van der Waals surface area contributed by atoms with Crippen molar-refractivity contribution in [2.45, 2.75) is 24.5 Å². The fourth-order valence-corrected chi connectivity index (χ4v) is 2.26. The lowest BCUT2D eigenvalue weighted by molar-refractivity contribution is -0.117. The predicted octanol–water partition coefficient (Wildman–Crippen LogP) is 0.677. The van der Waals surface area contributed by atoms with Gasteiger partial charge < -0.3 is 0 Å². The molecule has 0 radical (unpaired) electrons. The Morgan fingerprint density at radius 2 is 2.10 bits per heavy atom. The molecule has 1 unspecified atom stereocenters. The molecule has 1 saturated carbocycles. The minimum absolute atomic E-state index is 0.00535. The van der Waals surface area contributed by atoms with Crippen LogP contribution in [0.5, 0.6) is 0 Å². The molecule has 0 aromatic heterocycles. The Bertz CT molecular complexity index is 244. The van der Waals surface area contributed by atoms with Crippen LogP contribution >= 0.6 is 10.7 Å². The van der Waals surface area contributed by atoms with E-state index in [9.17, 15) is 13.2 Å². The van der Waals surface area contributed by atoms with Crippen LogP contribution in [0.1, 0.15) is 19.3 Å². The molecule has 5 heteroatoms. The van der Waals surface area contributed by atoms with Crippen molar-refractivity contribution in [3.05, 3.63) is 0 Å². The first-order chi connectivity index (χ1) is 4.50. The Balaban J connectivity index is 2.71. The third kappa shape index (κ3) is 1.70. The molecule has 0 aromatic rings. The zero-order chi connectivity index (χ0) is 7.78. The SMILES string of the molecule is O=C1CCC(S(=O)(=O)Cl)C1. The maximum absolute atomic E-state index is 10.6. The highest BCUT2D eigenvalue weighted by atomic mass is 35.7. The van der Waals surface area contributed by atoms with Gasteiger partial charge >= 0.3 is 0 Å². The summed E-state index contributed by atoms with van der Waals surface area (Å²) in [7, 11) is 1.54. The minimum atomic E-state index is -3.48. The van der Waals surface area contributed by atoms with Crippen LogP contribution < -0.4 is 0 Å². The first kappa shape index (κ1) is 8.01. The van der Waals surface area contributed by atoms with Gasteiger partial charge in [0.25, 0.3) is 0 Å². The average Bonchev–Trinajstić information content (AvgIpc) is 2.11. The van der Waals surface area contributed by atoms with Crippen LogP contribution in [0.4, 0.5) is 0 Å². The second kappa shape index (κ2) is 2.51. The summed E-state index contributed by atoms with van der Waals surface area (Å²) in [5.41, 5.74) is 0. The van der Waals surface area contributed by atoms with Crippen LogP contribution in [0.25, 0.3) is 0 Å². The summed E-state index contributed by atoms with van der Waals surface area (Å²) in [4.78, 5) is 10.6. The van der Waals surface area contributed by atoms with Gasteiger partial charge in [-0.15, -0.1) is 0 Å². The summed E-state index contributed by atoms with van der Waals surface area (Å²) < 4.78 is 21.2. The lowest BCUT2D eigenvalue weighted by atomic mass is 10.4. The number of rotatable bonds is 1. The Hall–Kier alpha value is -0.0900. The molecule has 3 nitrogen and oxygen atoms in total. The van der Waals surface area contributed by atoms with E-state index in [2.05, 4.69) is 0 Å².